The van der Waals surface area contributed by atoms with Gasteiger partial charge in [-0.15, -0.1) is 0 Å². The molecule has 0 saturated heterocycles. The number of carboxylic acids is 1. The molecule has 0 aliphatic heterocycles. The van der Waals surface area contributed by atoms with Crippen molar-refractivity contribution < 1.29 is 24.2 Å². The number of esters is 1. The van der Waals surface area contributed by atoms with E-state index in [1.54, 1.807) is 6.92 Å². The third-order valence-corrected chi connectivity index (χ3v) is 2.74. The van der Waals surface area contributed by atoms with Crippen molar-refractivity contribution in [3.05, 3.63) is 0 Å². The molecule has 0 aromatic carbocycles. The summed E-state index contributed by atoms with van der Waals surface area (Å²) in [5.74, 6) is -2.32. The summed E-state index contributed by atoms with van der Waals surface area (Å²) < 4.78 is 4.62. The summed E-state index contributed by atoms with van der Waals surface area (Å²) in [7, 11) is 0. The van der Waals surface area contributed by atoms with Crippen molar-refractivity contribution in [2.45, 2.75) is 38.3 Å². The van der Waals surface area contributed by atoms with Crippen LogP contribution in [0, 0.1) is 5.92 Å². The lowest BCUT2D eigenvalue weighted by Crippen LogP contribution is -2.51. The SMILES string of the molecule is CCOC(=O)C(N)C(=O)NC(CC(=O)O)C1CC1. The molecule has 0 bridgehead atoms. The lowest BCUT2D eigenvalue weighted by Gasteiger charge is -2.18. The first-order chi connectivity index (χ1) is 8.45. The monoisotopic (exact) mass is 258 g/mol. The highest BCUT2D eigenvalue weighted by molar-refractivity contribution is 6.01. The van der Waals surface area contributed by atoms with E-state index in [-0.39, 0.29) is 18.9 Å². The van der Waals surface area contributed by atoms with E-state index in [2.05, 4.69) is 10.1 Å². The van der Waals surface area contributed by atoms with Crippen LogP contribution < -0.4 is 11.1 Å². The number of nitrogens with two attached hydrogens (primary N) is 1. The Morgan fingerprint density at radius 1 is 1.44 bits per heavy atom. The zero-order valence-electron chi connectivity index (χ0n) is 10.2. The van der Waals surface area contributed by atoms with Crippen molar-refractivity contribution in [1.82, 2.24) is 5.32 Å². The first-order valence-corrected chi connectivity index (χ1v) is 5.90. The first-order valence-electron chi connectivity index (χ1n) is 5.90. The number of carboxylic acid groups (broad SMARTS) is 1. The normalized spacial score (nSPS) is 17.7. The Bertz CT molecular complexity index is 340. The number of aliphatic carboxylic acids is 1. The molecule has 7 heteroatoms. The highest BCUT2D eigenvalue weighted by Crippen LogP contribution is 2.34. The van der Waals surface area contributed by atoms with Crippen LogP contribution in [0.4, 0.5) is 0 Å². The van der Waals surface area contributed by atoms with Gasteiger partial charge in [-0.3, -0.25) is 9.59 Å². The number of nitrogens with one attached hydrogen (secondary N) is 1. The minimum Gasteiger partial charge on any atom is -0.481 e. The van der Waals surface area contributed by atoms with E-state index in [1.807, 2.05) is 0 Å². The van der Waals surface area contributed by atoms with Crippen molar-refractivity contribution in [2.24, 2.45) is 11.7 Å². The Labute approximate surface area is 105 Å². The minimum absolute atomic E-state index is 0.140. The molecule has 0 spiro atoms. The Balaban J connectivity index is 2.49. The summed E-state index contributed by atoms with van der Waals surface area (Å²) in [6.07, 6.45) is 1.60. The number of carbonyl (C=O) groups is 3. The van der Waals surface area contributed by atoms with Gasteiger partial charge < -0.3 is 20.9 Å². The zero-order valence-corrected chi connectivity index (χ0v) is 10.2. The van der Waals surface area contributed by atoms with Crippen molar-refractivity contribution in [3.63, 3.8) is 0 Å². The van der Waals surface area contributed by atoms with Gasteiger partial charge in [-0.1, -0.05) is 0 Å². The van der Waals surface area contributed by atoms with E-state index in [0.717, 1.165) is 12.8 Å². The summed E-state index contributed by atoms with van der Waals surface area (Å²) in [4.78, 5) is 33.6. The molecule has 2 unspecified atom stereocenters. The quantitative estimate of drug-likeness (QED) is 0.408. The average Bonchev–Trinajstić information content (AvgIpc) is 3.10. The lowest BCUT2D eigenvalue weighted by atomic mass is 10.1. The Kier molecular flexibility index (Phi) is 5.08. The van der Waals surface area contributed by atoms with Crippen LogP contribution in [0.3, 0.4) is 0 Å². The van der Waals surface area contributed by atoms with Gasteiger partial charge in [0.2, 0.25) is 5.91 Å². The van der Waals surface area contributed by atoms with E-state index in [0.29, 0.717) is 0 Å². The number of carbonyl (C=O) groups excluding carboxylic acids is 2. The molecule has 1 rings (SSSR count). The maximum Gasteiger partial charge on any atom is 0.332 e. The van der Waals surface area contributed by atoms with Crippen LogP contribution in [-0.4, -0.2) is 41.6 Å². The van der Waals surface area contributed by atoms with E-state index in [1.165, 1.54) is 0 Å². The smallest absolute Gasteiger partial charge is 0.332 e. The molecule has 0 heterocycles. The maximum absolute atomic E-state index is 11.7. The van der Waals surface area contributed by atoms with Crippen LogP contribution in [-0.2, 0) is 19.1 Å². The summed E-state index contributed by atoms with van der Waals surface area (Å²) >= 11 is 0. The number of amides is 1. The molecule has 2 atom stereocenters. The Hall–Kier alpha value is -1.63. The molecule has 102 valence electrons. The minimum atomic E-state index is -1.40. The molecular formula is C11H18N2O5. The lowest BCUT2D eigenvalue weighted by molar-refractivity contribution is -0.148. The van der Waals surface area contributed by atoms with Crippen LogP contribution in [0.15, 0.2) is 0 Å². The van der Waals surface area contributed by atoms with Gasteiger partial charge in [0.15, 0.2) is 6.04 Å². The average molecular weight is 258 g/mol. The van der Waals surface area contributed by atoms with Gasteiger partial charge >= 0.3 is 11.9 Å². The summed E-state index contributed by atoms with van der Waals surface area (Å²) in [6, 6.07) is -1.87. The fourth-order valence-electron chi connectivity index (χ4n) is 1.63. The van der Waals surface area contributed by atoms with Crippen LogP contribution in [0.25, 0.3) is 0 Å². The van der Waals surface area contributed by atoms with E-state index < -0.39 is 29.9 Å². The third kappa shape index (κ3) is 4.33. The topological polar surface area (TPSA) is 119 Å². The molecule has 0 aromatic heterocycles. The molecule has 1 fully saturated rings. The molecule has 18 heavy (non-hydrogen) atoms. The molecule has 7 nitrogen and oxygen atoms in total. The second kappa shape index (κ2) is 6.34. The van der Waals surface area contributed by atoms with E-state index in [4.69, 9.17) is 10.8 Å². The van der Waals surface area contributed by atoms with Crippen molar-refractivity contribution in [3.8, 4) is 0 Å². The summed E-state index contributed by atoms with van der Waals surface area (Å²) in [5, 5.41) is 11.2. The Morgan fingerprint density at radius 2 is 2.06 bits per heavy atom. The van der Waals surface area contributed by atoms with Crippen molar-refractivity contribution in [1.29, 1.82) is 0 Å². The van der Waals surface area contributed by atoms with Gasteiger partial charge in [0, 0.05) is 6.04 Å². The molecule has 4 N–H and O–H groups in total. The molecule has 1 aliphatic rings. The van der Waals surface area contributed by atoms with Crippen molar-refractivity contribution >= 4 is 17.8 Å². The number of hydrogen-bond acceptors (Lipinski definition) is 5. The fourth-order valence-corrected chi connectivity index (χ4v) is 1.63. The van der Waals surface area contributed by atoms with E-state index >= 15 is 0 Å². The molecule has 0 radical (unpaired) electrons. The van der Waals surface area contributed by atoms with Crippen LogP contribution >= 0.6 is 0 Å². The maximum atomic E-state index is 11.7. The largest absolute Gasteiger partial charge is 0.481 e. The molecule has 1 amide bonds. The number of ether oxygens (including phenoxy) is 1. The van der Waals surface area contributed by atoms with E-state index in [9.17, 15) is 14.4 Å². The van der Waals surface area contributed by atoms with Crippen molar-refractivity contribution in [2.75, 3.05) is 6.61 Å². The number of rotatable bonds is 7. The molecule has 1 saturated carbocycles. The molecule has 0 aromatic rings. The zero-order chi connectivity index (χ0) is 13.7. The Morgan fingerprint density at radius 3 is 2.50 bits per heavy atom. The van der Waals surface area contributed by atoms with Gasteiger partial charge in [0.25, 0.3) is 0 Å². The standard InChI is InChI=1S/C11H18N2O5/c1-2-18-11(17)9(12)10(16)13-7(5-8(14)15)6-3-4-6/h6-7,9H,2-5,12H2,1H3,(H,13,16)(H,14,15). The van der Waals surface area contributed by atoms with Gasteiger partial charge in [-0.25, -0.2) is 4.79 Å². The highest BCUT2D eigenvalue weighted by Gasteiger charge is 2.35. The predicted octanol–water partition coefficient (Wildman–Crippen LogP) is -0.754. The predicted molar refractivity (Wildman–Crippen MR) is 61.5 cm³/mol. The number of hydrogen-bond donors (Lipinski definition) is 3. The summed E-state index contributed by atoms with van der Waals surface area (Å²) in [5.41, 5.74) is 5.41. The van der Waals surface area contributed by atoms with Crippen LogP contribution in [0.1, 0.15) is 26.2 Å². The third-order valence-electron chi connectivity index (χ3n) is 2.74. The van der Waals surface area contributed by atoms with Gasteiger partial charge in [0.05, 0.1) is 13.0 Å². The van der Waals surface area contributed by atoms with Gasteiger partial charge in [-0.2, -0.15) is 0 Å². The highest BCUT2D eigenvalue weighted by atomic mass is 16.5. The summed E-state index contributed by atoms with van der Waals surface area (Å²) in [6.45, 7) is 1.75. The van der Waals surface area contributed by atoms with Gasteiger partial charge in [0.1, 0.15) is 0 Å². The van der Waals surface area contributed by atoms with Crippen LogP contribution in [0.5, 0.6) is 0 Å². The molecule has 1 aliphatic carbocycles. The van der Waals surface area contributed by atoms with Gasteiger partial charge in [-0.05, 0) is 25.7 Å². The fraction of sp³-hybridized carbons (Fsp3) is 0.727. The second-order valence-electron chi connectivity index (χ2n) is 4.28. The second-order valence-corrected chi connectivity index (χ2v) is 4.28. The first kappa shape index (κ1) is 14.4. The van der Waals surface area contributed by atoms with Crippen LogP contribution in [0.2, 0.25) is 0 Å². The molecular weight excluding hydrogens is 240 g/mol.